The van der Waals surface area contributed by atoms with Gasteiger partial charge in [0.25, 0.3) is 0 Å². The van der Waals surface area contributed by atoms with Crippen LogP contribution >= 0.6 is 0 Å². The molecule has 82 heavy (non-hydrogen) atoms. The molecule has 6 heteroatoms. The van der Waals surface area contributed by atoms with Crippen molar-refractivity contribution < 1.29 is 28.6 Å². The van der Waals surface area contributed by atoms with Gasteiger partial charge in [-0.25, -0.2) is 0 Å². The molecule has 1 unspecified atom stereocenters. The number of hydrogen-bond acceptors (Lipinski definition) is 6. The molecule has 0 aliphatic rings. The molecule has 0 spiro atoms. The molecule has 0 aromatic heterocycles. The summed E-state index contributed by atoms with van der Waals surface area (Å²) in [6.45, 7) is 6.34. The van der Waals surface area contributed by atoms with Crippen molar-refractivity contribution >= 4 is 17.9 Å². The zero-order valence-corrected chi connectivity index (χ0v) is 52.7. The van der Waals surface area contributed by atoms with E-state index in [1.807, 2.05) is 0 Å². The van der Waals surface area contributed by atoms with E-state index < -0.39 is 6.10 Å². The zero-order chi connectivity index (χ0) is 59.2. The second-order valence-electron chi connectivity index (χ2n) is 21.3. The highest BCUT2D eigenvalue weighted by Gasteiger charge is 2.19. The number of hydrogen-bond donors (Lipinski definition) is 0. The molecule has 0 aromatic rings. The minimum absolute atomic E-state index is 0.104. The number of esters is 3. The van der Waals surface area contributed by atoms with Crippen LogP contribution in [0.5, 0.6) is 0 Å². The Morgan fingerprint density at radius 1 is 0.256 bits per heavy atom. The molecule has 0 saturated carbocycles. The van der Waals surface area contributed by atoms with Gasteiger partial charge in [-0.3, -0.25) is 14.4 Å². The van der Waals surface area contributed by atoms with E-state index in [2.05, 4.69) is 191 Å². The first-order valence-electron chi connectivity index (χ1n) is 33.1. The summed E-state index contributed by atoms with van der Waals surface area (Å²) in [7, 11) is 0. The van der Waals surface area contributed by atoms with Gasteiger partial charge in [-0.1, -0.05) is 294 Å². The fourth-order valence-electron chi connectivity index (χ4n) is 8.59. The number of rotatable bonds is 58. The van der Waals surface area contributed by atoms with Crippen LogP contribution in [0.1, 0.15) is 271 Å². The summed E-state index contributed by atoms with van der Waals surface area (Å²) >= 11 is 0. The van der Waals surface area contributed by atoms with Crippen LogP contribution in [0, 0.1) is 0 Å². The van der Waals surface area contributed by atoms with Gasteiger partial charge in [0.1, 0.15) is 13.2 Å². The van der Waals surface area contributed by atoms with Gasteiger partial charge >= 0.3 is 17.9 Å². The molecule has 0 fully saturated rings. The summed E-state index contributed by atoms with van der Waals surface area (Å²) < 4.78 is 16.8. The van der Waals surface area contributed by atoms with E-state index in [4.69, 9.17) is 14.2 Å². The second kappa shape index (κ2) is 68.3. The lowest BCUT2D eigenvalue weighted by Gasteiger charge is -2.18. The molecule has 460 valence electrons. The number of carbonyl (C=O) groups excluding carboxylic acids is 3. The largest absolute Gasteiger partial charge is 0.462 e. The summed E-state index contributed by atoms with van der Waals surface area (Å²) in [5.41, 5.74) is 0. The van der Waals surface area contributed by atoms with Gasteiger partial charge in [0.2, 0.25) is 0 Å². The molecular weight excluding hydrogens is 1010 g/mol. The molecule has 0 rings (SSSR count). The van der Waals surface area contributed by atoms with Crippen molar-refractivity contribution in [3.8, 4) is 0 Å². The molecule has 0 radical (unpaired) electrons. The first-order chi connectivity index (χ1) is 40.5. The highest BCUT2D eigenvalue weighted by Crippen LogP contribution is 2.15. The van der Waals surface area contributed by atoms with E-state index in [0.717, 1.165) is 141 Å². The third-order valence-electron chi connectivity index (χ3n) is 13.5. The molecule has 0 bridgehead atoms. The van der Waals surface area contributed by atoms with Gasteiger partial charge in [-0.15, -0.1) is 0 Å². The van der Waals surface area contributed by atoms with Gasteiger partial charge in [-0.05, 0) is 128 Å². The Labute approximate surface area is 504 Å². The molecule has 1 atom stereocenters. The molecule has 0 aliphatic carbocycles. The fraction of sp³-hybridized carbons (Fsp3) is 0.592. The lowest BCUT2D eigenvalue weighted by atomic mass is 10.1. The second-order valence-corrected chi connectivity index (χ2v) is 21.3. The zero-order valence-electron chi connectivity index (χ0n) is 52.7. The Morgan fingerprint density at radius 3 is 0.793 bits per heavy atom. The molecule has 0 N–H and O–H groups in total. The van der Waals surface area contributed by atoms with Gasteiger partial charge in [0.15, 0.2) is 6.10 Å². The van der Waals surface area contributed by atoms with Gasteiger partial charge in [0, 0.05) is 19.3 Å². The molecule has 6 nitrogen and oxygen atoms in total. The number of ether oxygens (including phenoxy) is 3. The normalized spacial score (nSPS) is 13.3. The maximum Gasteiger partial charge on any atom is 0.306 e. The summed E-state index contributed by atoms with van der Waals surface area (Å²) in [4.78, 5) is 38.3. The standard InChI is InChI=1S/C76H120O6/c1-4-7-10-13-16-19-22-24-26-28-30-32-34-36-37-38-39-41-42-44-46-48-50-52-54-57-60-63-66-69-75(78)81-72-73(71-80-74(77)68-65-62-59-56-21-18-15-12-9-6-3)82-76(79)70-67-64-61-58-55-53-51-49-47-45-43-40-35-33-31-29-27-25-23-20-17-14-11-8-5-2/h7-8,10-11,16-17,19-20,24-27,30-33,36-37,39-41,43-44,46,50,52,57,60,73H,4-6,9,12-15,18,21-23,28-29,34-35,38,42,45,47-49,51,53-56,58-59,61-72H2,1-3H3/b10-7-,11-8-,19-16-,20-17-,26-24-,27-25-,32-30-,33-31-,37-36-,41-39-,43-40-,46-44-,52-50-,60-57-. The quantitative estimate of drug-likeness (QED) is 0.0261. The monoisotopic (exact) mass is 1130 g/mol. The smallest absolute Gasteiger partial charge is 0.306 e. The van der Waals surface area contributed by atoms with Crippen molar-refractivity contribution in [3.05, 3.63) is 170 Å². The van der Waals surface area contributed by atoms with Crippen LogP contribution in [0.4, 0.5) is 0 Å². The van der Waals surface area contributed by atoms with Crippen molar-refractivity contribution in [2.75, 3.05) is 13.2 Å². The highest BCUT2D eigenvalue weighted by molar-refractivity contribution is 5.71. The summed E-state index contributed by atoms with van der Waals surface area (Å²) in [6, 6.07) is 0. The first kappa shape index (κ1) is 76.8. The highest BCUT2D eigenvalue weighted by atomic mass is 16.6. The molecule has 0 aromatic carbocycles. The summed E-state index contributed by atoms with van der Waals surface area (Å²) in [5.74, 6) is -0.977. The van der Waals surface area contributed by atoms with Gasteiger partial charge in [0.05, 0.1) is 0 Å². The topological polar surface area (TPSA) is 78.9 Å². The van der Waals surface area contributed by atoms with Crippen molar-refractivity contribution in [3.63, 3.8) is 0 Å². The summed E-state index contributed by atoms with van der Waals surface area (Å²) in [6.07, 6.45) is 101. The number of unbranched alkanes of at least 4 members (excludes halogenated alkanes) is 19. The van der Waals surface area contributed by atoms with Crippen molar-refractivity contribution in [2.45, 2.75) is 277 Å². The van der Waals surface area contributed by atoms with E-state index in [9.17, 15) is 14.4 Å². The van der Waals surface area contributed by atoms with E-state index in [-0.39, 0.29) is 37.5 Å². The molecule has 0 aliphatic heterocycles. The van der Waals surface area contributed by atoms with Crippen molar-refractivity contribution in [1.29, 1.82) is 0 Å². The van der Waals surface area contributed by atoms with Crippen LogP contribution < -0.4 is 0 Å². The Morgan fingerprint density at radius 2 is 0.488 bits per heavy atom. The SMILES string of the molecule is CC/C=C\C/C=C\C/C=C\C/C=C\C/C=C\C/C=C\C/C=C\C/C=C\C/C=C\CCCC(=O)OCC(COC(=O)CCCCCCCCCCCC)OC(=O)CCCCCCCCCCC/C=C\C/C=C\C/C=C\C/C=C\C/C=C\CC. The Kier molecular flexibility index (Phi) is 63.9. The van der Waals surface area contributed by atoms with Crippen LogP contribution in [-0.2, 0) is 28.6 Å². The van der Waals surface area contributed by atoms with Crippen LogP contribution in [0.2, 0.25) is 0 Å². The van der Waals surface area contributed by atoms with Crippen LogP contribution in [0.25, 0.3) is 0 Å². The number of allylic oxidation sites excluding steroid dienone is 28. The minimum atomic E-state index is -0.813. The lowest BCUT2D eigenvalue weighted by molar-refractivity contribution is -0.167. The van der Waals surface area contributed by atoms with Gasteiger partial charge < -0.3 is 14.2 Å². The van der Waals surface area contributed by atoms with E-state index in [1.165, 1.54) is 83.5 Å². The average Bonchev–Trinajstić information content (AvgIpc) is 3.48. The van der Waals surface area contributed by atoms with Crippen LogP contribution in [-0.4, -0.2) is 37.2 Å². The van der Waals surface area contributed by atoms with Crippen LogP contribution in [0.3, 0.4) is 0 Å². The molecule has 0 saturated heterocycles. The predicted molar refractivity (Wildman–Crippen MR) is 357 cm³/mol. The van der Waals surface area contributed by atoms with E-state index in [0.29, 0.717) is 19.3 Å². The third-order valence-corrected chi connectivity index (χ3v) is 13.5. The Bertz CT molecular complexity index is 1870. The van der Waals surface area contributed by atoms with E-state index >= 15 is 0 Å². The Hall–Kier alpha value is -5.23. The molecule has 0 amide bonds. The van der Waals surface area contributed by atoms with Gasteiger partial charge in [-0.2, -0.15) is 0 Å². The van der Waals surface area contributed by atoms with Crippen molar-refractivity contribution in [2.24, 2.45) is 0 Å². The fourth-order valence-corrected chi connectivity index (χ4v) is 8.59. The van der Waals surface area contributed by atoms with E-state index in [1.54, 1.807) is 0 Å². The van der Waals surface area contributed by atoms with Crippen molar-refractivity contribution in [1.82, 2.24) is 0 Å². The average molecular weight is 1130 g/mol. The maximum atomic E-state index is 12.9. The Balaban J connectivity index is 4.40. The lowest BCUT2D eigenvalue weighted by Crippen LogP contribution is -2.30. The third kappa shape index (κ3) is 65.6. The molecule has 0 heterocycles. The predicted octanol–water partition coefficient (Wildman–Crippen LogP) is 23.0. The minimum Gasteiger partial charge on any atom is -0.462 e. The number of carbonyl (C=O) groups is 3. The summed E-state index contributed by atoms with van der Waals surface area (Å²) in [5, 5.41) is 0. The first-order valence-corrected chi connectivity index (χ1v) is 33.1. The maximum absolute atomic E-state index is 12.9. The van der Waals surface area contributed by atoms with Crippen LogP contribution in [0.15, 0.2) is 170 Å². The molecular formula is C76H120O6.